The Morgan fingerprint density at radius 2 is 2.07 bits per heavy atom. The summed E-state index contributed by atoms with van der Waals surface area (Å²) in [6.07, 6.45) is 5.09. The van der Waals surface area contributed by atoms with Crippen LogP contribution in [0.25, 0.3) is 0 Å². The van der Waals surface area contributed by atoms with E-state index in [-0.39, 0.29) is 11.4 Å². The molecule has 0 radical (unpaired) electrons. The molecule has 0 saturated carbocycles. The van der Waals surface area contributed by atoms with Crippen molar-refractivity contribution >= 4 is 5.97 Å². The third-order valence-corrected chi connectivity index (χ3v) is 1.98. The van der Waals surface area contributed by atoms with Crippen LogP contribution in [-0.4, -0.2) is 17.6 Å². The van der Waals surface area contributed by atoms with E-state index >= 15 is 0 Å². The smallest absolute Gasteiger partial charge is 0.333 e. The summed E-state index contributed by atoms with van der Waals surface area (Å²) < 4.78 is 6.35. The predicted molar refractivity (Wildman–Crippen MR) is 56.5 cm³/mol. The number of esters is 1. The SMILES string of the molecule is COC(=O)C(C)=CCn1ccc(=O)cc1. The van der Waals surface area contributed by atoms with Crippen molar-refractivity contribution < 1.29 is 9.53 Å². The molecule has 0 fully saturated rings. The molecule has 0 aliphatic heterocycles. The first kappa shape index (κ1) is 11.2. The van der Waals surface area contributed by atoms with Crippen LogP contribution in [-0.2, 0) is 16.1 Å². The van der Waals surface area contributed by atoms with E-state index < -0.39 is 0 Å². The molecule has 0 atom stereocenters. The van der Waals surface area contributed by atoms with E-state index in [0.29, 0.717) is 12.1 Å². The fourth-order valence-electron chi connectivity index (χ4n) is 1.05. The van der Waals surface area contributed by atoms with Gasteiger partial charge in [-0.2, -0.15) is 0 Å². The number of nitrogens with zero attached hydrogens (tertiary/aromatic N) is 1. The third-order valence-electron chi connectivity index (χ3n) is 1.98. The molecule has 0 aliphatic rings. The number of hydrogen-bond acceptors (Lipinski definition) is 3. The molecule has 1 heterocycles. The monoisotopic (exact) mass is 207 g/mol. The molecule has 1 rings (SSSR count). The Morgan fingerprint density at radius 1 is 1.47 bits per heavy atom. The number of pyridine rings is 1. The number of rotatable bonds is 3. The lowest BCUT2D eigenvalue weighted by atomic mass is 10.3. The molecule has 0 amide bonds. The Bertz CT molecular complexity index is 411. The highest BCUT2D eigenvalue weighted by Gasteiger charge is 2.01. The first-order valence-electron chi connectivity index (χ1n) is 4.54. The predicted octanol–water partition coefficient (Wildman–Crippen LogP) is 0.968. The molecule has 0 spiro atoms. The highest BCUT2D eigenvalue weighted by molar-refractivity contribution is 5.87. The summed E-state index contributed by atoms with van der Waals surface area (Å²) in [4.78, 5) is 21.8. The maximum Gasteiger partial charge on any atom is 0.333 e. The molecule has 0 aromatic carbocycles. The van der Waals surface area contributed by atoms with Crippen LogP contribution in [0.5, 0.6) is 0 Å². The van der Waals surface area contributed by atoms with Crippen molar-refractivity contribution in [2.75, 3.05) is 7.11 Å². The number of aromatic nitrogens is 1. The number of hydrogen-bond donors (Lipinski definition) is 0. The third kappa shape index (κ3) is 3.42. The lowest BCUT2D eigenvalue weighted by Gasteiger charge is -2.02. The van der Waals surface area contributed by atoms with Gasteiger partial charge in [-0.05, 0) is 6.92 Å². The minimum absolute atomic E-state index is 0.0279. The fourth-order valence-corrected chi connectivity index (χ4v) is 1.05. The summed E-state index contributed by atoms with van der Waals surface area (Å²) in [5.41, 5.74) is 0.524. The summed E-state index contributed by atoms with van der Waals surface area (Å²) >= 11 is 0. The Kier molecular flexibility index (Phi) is 3.85. The molecular formula is C11H13NO3. The van der Waals surface area contributed by atoms with Crippen LogP contribution in [0.2, 0.25) is 0 Å². The van der Waals surface area contributed by atoms with E-state index in [9.17, 15) is 9.59 Å². The lowest BCUT2D eigenvalue weighted by Crippen LogP contribution is -2.05. The summed E-state index contributed by atoms with van der Waals surface area (Å²) in [6, 6.07) is 2.95. The van der Waals surface area contributed by atoms with Crippen LogP contribution >= 0.6 is 0 Å². The van der Waals surface area contributed by atoms with Gasteiger partial charge in [-0.1, -0.05) is 6.08 Å². The van der Waals surface area contributed by atoms with Crippen LogP contribution < -0.4 is 5.43 Å². The number of carbonyl (C=O) groups excluding carboxylic acids is 1. The number of methoxy groups -OCH3 is 1. The average molecular weight is 207 g/mol. The normalized spacial score (nSPS) is 11.2. The van der Waals surface area contributed by atoms with E-state index in [1.54, 1.807) is 30.0 Å². The van der Waals surface area contributed by atoms with Gasteiger partial charge in [0.05, 0.1) is 7.11 Å². The molecule has 0 N–H and O–H groups in total. The maximum absolute atomic E-state index is 11.0. The Hall–Kier alpha value is -1.84. The van der Waals surface area contributed by atoms with E-state index in [1.165, 1.54) is 19.2 Å². The van der Waals surface area contributed by atoms with Crippen LogP contribution in [0.15, 0.2) is 41.0 Å². The molecule has 4 heteroatoms. The molecule has 15 heavy (non-hydrogen) atoms. The molecule has 1 aromatic heterocycles. The summed E-state index contributed by atoms with van der Waals surface area (Å²) in [7, 11) is 1.35. The highest BCUT2D eigenvalue weighted by atomic mass is 16.5. The van der Waals surface area contributed by atoms with E-state index in [1.807, 2.05) is 0 Å². The van der Waals surface area contributed by atoms with Crippen molar-refractivity contribution in [2.24, 2.45) is 0 Å². The van der Waals surface area contributed by atoms with E-state index in [2.05, 4.69) is 4.74 Å². The Morgan fingerprint density at radius 3 is 2.60 bits per heavy atom. The second-order valence-corrected chi connectivity index (χ2v) is 3.11. The van der Waals surface area contributed by atoms with Crippen LogP contribution in [0, 0.1) is 0 Å². The number of allylic oxidation sites excluding steroid dienone is 1. The van der Waals surface area contributed by atoms with Gasteiger partial charge in [0.2, 0.25) is 0 Å². The van der Waals surface area contributed by atoms with Gasteiger partial charge in [0.15, 0.2) is 5.43 Å². The van der Waals surface area contributed by atoms with E-state index in [0.717, 1.165) is 0 Å². The van der Waals surface area contributed by atoms with Gasteiger partial charge < -0.3 is 9.30 Å². The Labute approximate surface area is 87.8 Å². The molecule has 80 valence electrons. The average Bonchev–Trinajstić information content (AvgIpc) is 2.26. The quantitative estimate of drug-likeness (QED) is 0.548. The van der Waals surface area contributed by atoms with Crippen LogP contribution in [0.3, 0.4) is 0 Å². The maximum atomic E-state index is 11.0. The zero-order valence-corrected chi connectivity index (χ0v) is 8.77. The zero-order valence-electron chi connectivity index (χ0n) is 8.77. The van der Waals surface area contributed by atoms with Crippen molar-refractivity contribution in [3.05, 3.63) is 46.4 Å². The summed E-state index contributed by atoms with van der Waals surface area (Å²) in [5.74, 6) is -0.337. The minimum Gasteiger partial charge on any atom is -0.466 e. The molecule has 0 bridgehead atoms. The fraction of sp³-hybridized carbons (Fsp3) is 0.273. The van der Waals surface area contributed by atoms with Gasteiger partial charge in [-0.15, -0.1) is 0 Å². The van der Waals surface area contributed by atoms with Crippen molar-refractivity contribution in [1.82, 2.24) is 4.57 Å². The Balaban J connectivity index is 2.67. The minimum atomic E-state index is -0.337. The second kappa shape index (κ2) is 5.14. The van der Waals surface area contributed by atoms with E-state index in [4.69, 9.17) is 0 Å². The van der Waals surface area contributed by atoms with Crippen LogP contribution in [0.1, 0.15) is 6.92 Å². The largest absolute Gasteiger partial charge is 0.466 e. The first-order valence-corrected chi connectivity index (χ1v) is 4.54. The van der Waals surface area contributed by atoms with Crippen molar-refractivity contribution in [3.8, 4) is 0 Å². The van der Waals surface area contributed by atoms with Crippen molar-refractivity contribution in [3.63, 3.8) is 0 Å². The molecule has 4 nitrogen and oxygen atoms in total. The van der Waals surface area contributed by atoms with Crippen molar-refractivity contribution in [2.45, 2.75) is 13.5 Å². The van der Waals surface area contributed by atoms with Gasteiger partial charge in [-0.25, -0.2) is 4.79 Å². The van der Waals surface area contributed by atoms with Gasteiger partial charge >= 0.3 is 5.97 Å². The zero-order chi connectivity index (χ0) is 11.3. The van der Waals surface area contributed by atoms with Gasteiger partial charge in [0.1, 0.15) is 0 Å². The molecular weight excluding hydrogens is 194 g/mol. The topological polar surface area (TPSA) is 48.3 Å². The van der Waals surface area contributed by atoms with Gasteiger partial charge in [0, 0.05) is 36.6 Å². The molecule has 0 aliphatic carbocycles. The summed E-state index contributed by atoms with van der Waals surface area (Å²) in [5, 5.41) is 0. The molecule has 0 saturated heterocycles. The lowest BCUT2D eigenvalue weighted by molar-refractivity contribution is -0.136. The van der Waals surface area contributed by atoms with Gasteiger partial charge in [-0.3, -0.25) is 4.79 Å². The van der Waals surface area contributed by atoms with Gasteiger partial charge in [0.25, 0.3) is 0 Å². The second-order valence-electron chi connectivity index (χ2n) is 3.11. The molecule has 1 aromatic rings. The number of carbonyl (C=O) groups is 1. The first-order chi connectivity index (χ1) is 7.13. The standard InChI is InChI=1S/C11H13NO3/c1-9(11(14)15-2)3-6-12-7-4-10(13)5-8-12/h3-5,7-8H,6H2,1-2H3. The summed E-state index contributed by atoms with van der Waals surface area (Å²) in [6.45, 7) is 2.23. The van der Waals surface area contributed by atoms with Crippen molar-refractivity contribution in [1.29, 1.82) is 0 Å². The highest BCUT2D eigenvalue weighted by Crippen LogP contribution is 1.97. The number of ether oxygens (including phenoxy) is 1. The van der Waals surface area contributed by atoms with Crippen LogP contribution in [0.4, 0.5) is 0 Å². The molecule has 0 unspecified atom stereocenters.